The minimum absolute atomic E-state index is 0.0691. The van der Waals surface area contributed by atoms with E-state index in [1.165, 1.54) is 29.5 Å². The van der Waals surface area contributed by atoms with Crippen molar-refractivity contribution in [3.05, 3.63) is 54.4 Å². The smallest absolute Gasteiger partial charge is 0.130 e. The molecule has 0 aliphatic carbocycles. The summed E-state index contributed by atoms with van der Waals surface area (Å²) >= 11 is 16.2. The van der Waals surface area contributed by atoms with Gasteiger partial charge in [0.25, 0.3) is 0 Å². The van der Waals surface area contributed by atoms with Crippen LogP contribution in [0.4, 0.5) is 4.39 Å². The average molecular weight is 356 g/mol. The first-order valence-corrected chi connectivity index (χ1v) is 6.94. The van der Waals surface area contributed by atoms with Crippen LogP contribution in [0.1, 0.15) is 16.5 Å². The molecule has 0 radical (unpaired) electrons. The first-order valence-electron chi connectivity index (χ1n) is 4.57. The van der Waals surface area contributed by atoms with Crippen molar-refractivity contribution in [2.24, 2.45) is 0 Å². The number of aliphatic hydroxyl groups excluding tert-OH is 1. The van der Waals surface area contributed by atoms with E-state index in [1.807, 2.05) is 0 Å². The SMILES string of the molecule is OC(c1cc(Br)c(Cl)s1)c1c(F)cccc1Cl. The summed E-state index contributed by atoms with van der Waals surface area (Å²) in [4.78, 5) is 0.536. The zero-order valence-corrected chi connectivity index (χ0v) is 12.2. The standard InChI is InChI=1S/C11H6BrCl2FOS/c12-5-4-8(17-11(5)14)10(16)9-6(13)2-1-3-7(9)15/h1-4,10,16H. The van der Waals surface area contributed by atoms with Gasteiger partial charge in [0, 0.05) is 19.9 Å². The molecule has 0 bridgehead atoms. The molecule has 0 saturated heterocycles. The van der Waals surface area contributed by atoms with Gasteiger partial charge in [0.15, 0.2) is 0 Å². The van der Waals surface area contributed by atoms with Gasteiger partial charge < -0.3 is 5.11 Å². The molecule has 6 heteroatoms. The molecule has 1 atom stereocenters. The highest BCUT2D eigenvalue weighted by Gasteiger charge is 2.21. The van der Waals surface area contributed by atoms with Crippen molar-refractivity contribution in [1.29, 1.82) is 0 Å². The summed E-state index contributed by atoms with van der Waals surface area (Å²) in [5.41, 5.74) is 0.0691. The Kier molecular flexibility index (Phi) is 4.10. The second kappa shape index (κ2) is 5.24. The van der Waals surface area contributed by atoms with Crippen LogP contribution in [-0.2, 0) is 0 Å². The highest BCUT2D eigenvalue weighted by Crippen LogP contribution is 2.39. The van der Waals surface area contributed by atoms with E-state index in [9.17, 15) is 9.50 Å². The molecule has 1 N–H and O–H groups in total. The van der Waals surface area contributed by atoms with Crippen LogP contribution in [0.15, 0.2) is 28.7 Å². The van der Waals surface area contributed by atoms with Gasteiger partial charge in [0.2, 0.25) is 0 Å². The zero-order chi connectivity index (χ0) is 12.6. The predicted molar refractivity (Wildman–Crippen MR) is 72.5 cm³/mol. The Morgan fingerprint density at radius 3 is 2.59 bits per heavy atom. The minimum Gasteiger partial charge on any atom is -0.383 e. The van der Waals surface area contributed by atoms with E-state index in [0.717, 1.165) is 0 Å². The maximum atomic E-state index is 13.6. The van der Waals surface area contributed by atoms with E-state index in [1.54, 1.807) is 6.07 Å². The lowest BCUT2D eigenvalue weighted by Gasteiger charge is -2.11. The lowest BCUT2D eigenvalue weighted by molar-refractivity contribution is 0.219. The van der Waals surface area contributed by atoms with E-state index >= 15 is 0 Å². The number of hydrogen-bond donors (Lipinski definition) is 1. The van der Waals surface area contributed by atoms with Crippen LogP contribution >= 0.6 is 50.5 Å². The van der Waals surface area contributed by atoms with Gasteiger partial charge in [-0.3, -0.25) is 0 Å². The summed E-state index contributed by atoms with van der Waals surface area (Å²) in [6.07, 6.45) is -1.11. The molecule has 1 nitrogen and oxygen atoms in total. The molecule has 1 unspecified atom stereocenters. The van der Waals surface area contributed by atoms with Crippen LogP contribution in [0, 0.1) is 5.82 Å². The lowest BCUT2D eigenvalue weighted by atomic mass is 10.1. The number of halogens is 4. The molecule has 0 fully saturated rings. The normalized spacial score (nSPS) is 12.8. The fourth-order valence-electron chi connectivity index (χ4n) is 1.41. The van der Waals surface area contributed by atoms with Gasteiger partial charge in [-0.15, -0.1) is 11.3 Å². The fraction of sp³-hybridized carbons (Fsp3) is 0.0909. The summed E-state index contributed by atoms with van der Waals surface area (Å²) in [5.74, 6) is -0.536. The molecule has 1 aromatic carbocycles. The van der Waals surface area contributed by atoms with E-state index < -0.39 is 11.9 Å². The highest BCUT2D eigenvalue weighted by molar-refractivity contribution is 9.10. The van der Waals surface area contributed by atoms with Crippen molar-refractivity contribution in [2.45, 2.75) is 6.10 Å². The van der Waals surface area contributed by atoms with Gasteiger partial charge >= 0.3 is 0 Å². The molecule has 1 heterocycles. The molecule has 1 aromatic heterocycles. The van der Waals surface area contributed by atoms with Crippen molar-refractivity contribution in [3.8, 4) is 0 Å². The van der Waals surface area contributed by atoms with Gasteiger partial charge in [-0.05, 0) is 34.1 Å². The molecule has 2 aromatic rings. The quantitative estimate of drug-likeness (QED) is 0.800. The predicted octanol–water partition coefficient (Wildman–Crippen LogP) is 5.04. The number of thiophene rings is 1. The third-order valence-corrected chi connectivity index (χ3v) is 5.06. The van der Waals surface area contributed by atoms with Crippen LogP contribution in [0.5, 0.6) is 0 Å². The van der Waals surface area contributed by atoms with Gasteiger partial charge in [0.05, 0.1) is 0 Å². The Morgan fingerprint density at radius 1 is 1.35 bits per heavy atom. The van der Waals surface area contributed by atoms with Crippen LogP contribution in [0.2, 0.25) is 9.36 Å². The summed E-state index contributed by atoms with van der Waals surface area (Å²) in [6, 6.07) is 5.94. The molecule has 17 heavy (non-hydrogen) atoms. The maximum absolute atomic E-state index is 13.6. The van der Waals surface area contributed by atoms with Crippen molar-refractivity contribution in [3.63, 3.8) is 0 Å². The zero-order valence-electron chi connectivity index (χ0n) is 8.25. The second-order valence-corrected chi connectivity index (χ2v) is 6.26. The van der Waals surface area contributed by atoms with Gasteiger partial charge in [-0.1, -0.05) is 29.3 Å². The van der Waals surface area contributed by atoms with Crippen LogP contribution < -0.4 is 0 Å². The van der Waals surface area contributed by atoms with Gasteiger partial charge in [-0.25, -0.2) is 4.39 Å². The van der Waals surface area contributed by atoms with E-state index in [2.05, 4.69) is 15.9 Å². The summed E-state index contributed by atoms with van der Waals surface area (Å²) in [7, 11) is 0. The Hall–Kier alpha value is -0.130. The highest BCUT2D eigenvalue weighted by atomic mass is 79.9. The van der Waals surface area contributed by atoms with Crippen LogP contribution in [0.25, 0.3) is 0 Å². The van der Waals surface area contributed by atoms with Crippen LogP contribution in [-0.4, -0.2) is 5.11 Å². The summed E-state index contributed by atoms with van der Waals surface area (Å²) < 4.78 is 14.8. The molecule has 0 aliphatic heterocycles. The topological polar surface area (TPSA) is 20.2 Å². The molecule has 0 amide bonds. The Labute approximate surface area is 120 Å². The van der Waals surface area contributed by atoms with Crippen molar-refractivity contribution in [2.75, 3.05) is 0 Å². The van der Waals surface area contributed by atoms with E-state index in [-0.39, 0.29) is 10.6 Å². The average Bonchev–Trinajstić information content (AvgIpc) is 2.59. The molecule has 2 rings (SSSR count). The van der Waals surface area contributed by atoms with Crippen molar-refractivity contribution < 1.29 is 9.50 Å². The number of hydrogen-bond acceptors (Lipinski definition) is 2. The monoisotopic (exact) mass is 354 g/mol. The molecular formula is C11H6BrCl2FOS. The molecule has 0 saturated carbocycles. The number of rotatable bonds is 2. The molecule has 0 aliphatic rings. The van der Waals surface area contributed by atoms with Crippen LogP contribution in [0.3, 0.4) is 0 Å². The Bertz CT molecular complexity index is 519. The van der Waals surface area contributed by atoms with Gasteiger partial charge in [-0.2, -0.15) is 0 Å². The third-order valence-electron chi connectivity index (χ3n) is 2.21. The number of benzene rings is 1. The lowest BCUT2D eigenvalue weighted by Crippen LogP contribution is -2.01. The maximum Gasteiger partial charge on any atom is 0.130 e. The first-order chi connectivity index (χ1) is 8.00. The summed E-state index contributed by atoms with van der Waals surface area (Å²) in [6.45, 7) is 0. The van der Waals surface area contributed by atoms with E-state index in [4.69, 9.17) is 23.2 Å². The first kappa shape index (κ1) is 13.3. The van der Waals surface area contributed by atoms with Gasteiger partial charge in [0.1, 0.15) is 16.3 Å². The Morgan fingerprint density at radius 2 is 2.06 bits per heavy atom. The molecule has 0 spiro atoms. The van der Waals surface area contributed by atoms with Crippen molar-refractivity contribution in [1.82, 2.24) is 0 Å². The summed E-state index contributed by atoms with van der Waals surface area (Å²) in [5, 5.41) is 10.3. The fourth-order valence-corrected chi connectivity index (χ4v) is 3.41. The molecular weight excluding hydrogens is 350 g/mol. The minimum atomic E-state index is -1.11. The van der Waals surface area contributed by atoms with E-state index in [0.29, 0.717) is 13.7 Å². The number of aliphatic hydroxyl groups is 1. The largest absolute Gasteiger partial charge is 0.383 e. The Balaban J connectivity index is 2.47. The molecule has 90 valence electrons. The third kappa shape index (κ3) is 2.66. The van der Waals surface area contributed by atoms with Crippen molar-refractivity contribution >= 4 is 50.5 Å². The second-order valence-electron chi connectivity index (χ2n) is 3.31.